The van der Waals surface area contributed by atoms with E-state index < -0.39 is 17.0 Å². The van der Waals surface area contributed by atoms with Crippen LogP contribution in [0.2, 0.25) is 0 Å². The molecule has 0 aliphatic heterocycles. The first kappa shape index (κ1) is 23.6. The second-order valence-corrected chi connectivity index (χ2v) is 8.45. The summed E-state index contributed by atoms with van der Waals surface area (Å²) in [5, 5.41) is 10.0. The molecule has 3 rings (SSSR count). The largest absolute Gasteiger partial charge is 0.417 e. The number of nitrogens with zero attached hydrogens (tertiary/aromatic N) is 4. The fourth-order valence-corrected chi connectivity index (χ4v) is 4.02. The van der Waals surface area contributed by atoms with Gasteiger partial charge in [-0.2, -0.15) is 13.2 Å². The van der Waals surface area contributed by atoms with Gasteiger partial charge < -0.3 is 10.2 Å². The molecule has 2 amide bonds. The lowest BCUT2D eigenvalue weighted by atomic mass is 10.1. The average Bonchev–Trinajstić information content (AvgIpc) is 3.14. The molecule has 11 heteroatoms. The van der Waals surface area contributed by atoms with Gasteiger partial charge in [-0.05, 0) is 37.1 Å². The first-order valence-corrected chi connectivity index (χ1v) is 10.7. The highest BCUT2D eigenvalue weighted by Gasteiger charge is 2.31. The summed E-state index contributed by atoms with van der Waals surface area (Å²) in [6.45, 7) is 3.41. The number of hydrogen-bond donors (Lipinski definition) is 1. The van der Waals surface area contributed by atoms with E-state index in [0.717, 1.165) is 36.0 Å². The lowest BCUT2D eigenvalue weighted by Gasteiger charge is -2.20. The van der Waals surface area contributed by atoms with E-state index >= 15 is 0 Å². The van der Waals surface area contributed by atoms with Crippen LogP contribution in [0.4, 0.5) is 18.9 Å². The van der Waals surface area contributed by atoms with E-state index in [2.05, 4.69) is 15.5 Å². The molecule has 3 aromatic rings. The molecular weight excluding hydrogens is 443 g/mol. The monoisotopic (exact) mass is 465 g/mol. The van der Waals surface area contributed by atoms with Gasteiger partial charge in [-0.3, -0.25) is 14.0 Å². The summed E-state index contributed by atoms with van der Waals surface area (Å²) in [4.78, 5) is 26.4. The molecule has 1 atom stereocenters. The predicted octanol–water partition coefficient (Wildman–Crippen LogP) is 3.89. The minimum Gasteiger partial charge on any atom is -0.335 e. The maximum absolute atomic E-state index is 13.0. The molecule has 1 aromatic carbocycles. The number of nitrogens with one attached hydrogen (secondary N) is 1. The minimum atomic E-state index is -4.51. The predicted molar refractivity (Wildman–Crippen MR) is 115 cm³/mol. The zero-order chi connectivity index (χ0) is 23.5. The quantitative estimate of drug-likeness (QED) is 0.536. The van der Waals surface area contributed by atoms with E-state index in [1.807, 2.05) is 25.1 Å². The van der Waals surface area contributed by atoms with Gasteiger partial charge in [-0.15, -0.1) is 10.2 Å². The number of rotatable bonds is 7. The molecular formula is C21H22F3N5O2S. The number of aromatic nitrogens is 3. The lowest BCUT2D eigenvalue weighted by molar-refractivity contribution is -0.138. The van der Waals surface area contributed by atoms with Crippen LogP contribution in [0.3, 0.4) is 0 Å². The minimum absolute atomic E-state index is 0.154. The summed E-state index contributed by atoms with van der Waals surface area (Å²) in [5.41, 5.74) is 1.07. The van der Waals surface area contributed by atoms with E-state index in [9.17, 15) is 22.8 Å². The number of fused-ring (bicyclic) bond motifs is 1. The molecule has 7 nitrogen and oxygen atoms in total. The molecule has 0 fully saturated rings. The van der Waals surface area contributed by atoms with Crippen molar-refractivity contribution in [1.29, 1.82) is 0 Å². The van der Waals surface area contributed by atoms with Crippen molar-refractivity contribution in [3.8, 4) is 0 Å². The van der Waals surface area contributed by atoms with Gasteiger partial charge in [0, 0.05) is 18.9 Å². The van der Waals surface area contributed by atoms with Gasteiger partial charge in [0.25, 0.3) is 0 Å². The highest BCUT2D eigenvalue weighted by Crippen LogP contribution is 2.31. The van der Waals surface area contributed by atoms with Gasteiger partial charge in [0.05, 0.1) is 17.4 Å². The Labute approximate surface area is 187 Å². The van der Waals surface area contributed by atoms with Crippen LogP contribution >= 0.6 is 11.8 Å². The average molecular weight is 466 g/mol. The number of para-hydroxylation sites is 1. The van der Waals surface area contributed by atoms with Crippen LogP contribution < -0.4 is 5.32 Å². The SMILES string of the molecule is CCc1ccccc1NC(=O)CN(C)C(=O)C(C)Sc1nnc2ccc(C(F)(F)F)cn12. The Bertz CT molecular complexity index is 1130. The maximum Gasteiger partial charge on any atom is 0.417 e. The summed E-state index contributed by atoms with van der Waals surface area (Å²) in [5.74, 6) is -0.709. The van der Waals surface area contributed by atoms with Crippen LogP contribution in [0.5, 0.6) is 0 Å². The van der Waals surface area contributed by atoms with Crippen LogP contribution in [-0.2, 0) is 22.2 Å². The molecule has 0 radical (unpaired) electrons. The number of amides is 2. The number of likely N-dealkylation sites (N-methyl/N-ethyl adjacent to an activating group) is 1. The van der Waals surface area contributed by atoms with E-state index in [0.29, 0.717) is 5.69 Å². The second-order valence-electron chi connectivity index (χ2n) is 7.14. The van der Waals surface area contributed by atoms with E-state index in [1.54, 1.807) is 13.0 Å². The smallest absolute Gasteiger partial charge is 0.335 e. The Hall–Kier alpha value is -3.08. The topological polar surface area (TPSA) is 79.6 Å². The van der Waals surface area contributed by atoms with Gasteiger partial charge >= 0.3 is 6.18 Å². The Balaban J connectivity index is 1.65. The van der Waals surface area contributed by atoms with Crippen LogP contribution in [0, 0.1) is 0 Å². The molecule has 32 heavy (non-hydrogen) atoms. The van der Waals surface area contributed by atoms with Gasteiger partial charge in [-0.1, -0.05) is 36.9 Å². The van der Waals surface area contributed by atoms with Crippen molar-refractivity contribution in [3.05, 3.63) is 53.7 Å². The number of hydrogen-bond acceptors (Lipinski definition) is 5. The first-order valence-electron chi connectivity index (χ1n) is 9.81. The third kappa shape index (κ3) is 5.39. The Morgan fingerprint density at radius 3 is 2.59 bits per heavy atom. The van der Waals surface area contributed by atoms with Crippen molar-refractivity contribution in [2.24, 2.45) is 0 Å². The second kappa shape index (κ2) is 9.60. The van der Waals surface area contributed by atoms with Crippen molar-refractivity contribution in [1.82, 2.24) is 19.5 Å². The summed E-state index contributed by atoms with van der Waals surface area (Å²) >= 11 is 0.972. The van der Waals surface area contributed by atoms with Crippen LogP contribution in [-0.4, -0.2) is 50.2 Å². The van der Waals surface area contributed by atoms with E-state index in [4.69, 9.17) is 0 Å². The van der Waals surface area contributed by atoms with Crippen molar-refractivity contribution < 1.29 is 22.8 Å². The Kier molecular flexibility index (Phi) is 7.07. The van der Waals surface area contributed by atoms with Crippen molar-refractivity contribution in [3.63, 3.8) is 0 Å². The lowest BCUT2D eigenvalue weighted by Crippen LogP contribution is -2.39. The molecule has 0 aliphatic rings. The van der Waals surface area contributed by atoms with Crippen molar-refractivity contribution in [2.45, 2.75) is 36.9 Å². The number of anilines is 1. The van der Waals surface area contributed by atoms with Crippen LogP contribution in [0.25, 0.3) is 5.65 Å². The molecule has 0 spiro atoms. The molecule has 0 saturated heterocycles. The molecule has 2 heterocycles. The van der Waals surface area contributed by atoms with Crippen LogP contribution in [0.15, 0.2) is 47.8 Å². The summed E-state index contributed by atoms with van der Waals surface area (Å²) in [6, 6.07) is 9.55. The van der Waals surface area contributed by atoms with Gasteiger partial charge in [0.2, 0.25) is 11.8 Å². The number of aryl methyl sites for hydroxylation is 1. The summed E-state index contributed by atoms with van der Waals surface area (Å²) in [6.07, 6.45) is -2.86. The fourth-order valence-electron chi connectivity index (χ4n) is 3.07. The fraction of sp³-hybridized carbons (Fsp3) is 0.333. The number of carbonyl (C=O) groups is 2. The maximum atomic E-state index is 13.0. The number of carbonyl (C=O) groups excluding carboxylic acids is 2. The highest BCUT2D eigenvalue weighted by molar-refractivity contribution is 8.00. The summed E-state index contributed by atoms with van der Waals surface area (Å²) < 4.78 is 40.2. The molecule has 170 valence electrons. The molecule has 0 aliphatic carbocycles. The number of pyridine rings is 1. The van der Waals surface area contributed by atoms with E-state index in [-0.39, 0.29) is 29.2 Å². The number of thioether (sulfide) groups is 1. The van der Waals surface area contributed by atoms with Gasteiger partial charge in [0.15, 0.2) is 10.8 Å². The number of halogens is 3. The zero-order valence-electron chi connectivity index (χ0n) is 17.7. The Morgan fingerprint density at radius 2 is 1.91 bits per heavy atom. The third-order valence-corrected chi connectivity index (χ3v) is 5.80. The number of benzene rings is 1. The van der Waals surface area contributed by atoms with Crippen LogP contribution in [0.1, 0.15) is 25.0 Å². The highest BCUT2D eigenvalue weighted by atomic mass is 32.2. The number of alkyl halides is 3. The molecule has 2 aromatic heterocycles. The Morgan fingerprint density at radius 1 is 1.19 bits per heavy atom. The standard InChI is InChI=1S/C21H22F3N5O2S/c1-4-14-7-5-6-8-16(14)25-18(30)12-28(3)19(31)13(2)32-20-27-26-17-10-9-15(11-29(17)20)21(22,23)24/h5-11,13H,4,12H2,1-3H3,(H,25,30). The van der Waals surface area contributed by atoms with Crippen molar-refractivity contribution >= 4 is 34.9 Å². The van der Waals surface area contributed by atoms with E-state index in [1.165, 1.54) is 22.4 Å². The third-order valence-electron chi connectivity index (χ3n) is 4.76. The van der Waals surface area contributed by atoms with Crippen molar-refractivity contribution in [2.75, 3.05) is 18.9 Å². The molecule has 1 unspecified atom stereocenters. The molecule has 0 bridgehead atoms. The zero-order valence-corrected chi connectivity index (χ0v) is 18.5. The molecule has 0 saturated carbocycles. The van der Waals surface area contributed by atoms with Gasteiger partial charge in [0.1, 0.15) is 0 Å². The first-order chi connectivity index (χ1) is 15.1. The molecule has 1 N–H and O–H groups in total. The van der Waals surface area contributed by atoms with Gasteiger partial charge in [-0.25, -0.2) is 0 Å². The summed E-state index contributed by atoms with van der Waals surface area (Å²) in [7, 11) is 1.49. The normalized spacial score (nSPS) is 12.6.